The minimum Gasteiger partial charge on any atom is -0.384 e. The van der Waals surface area contributed by atoms with E-state index in [2.05, 4.69) is 24.1 Å². The van der Waals surface area contributed by atoms with Crippen molar-refractivity contribution in [1.29, 1.82) is 0 Å². The van der Waals surface area contributed by atoms with Gasteiger partial charge in [-0.15, -0.1) is 11.3 Å². The van der Waals surface area contributed by atoms with Gasteiger partial charge in [0.1, 0.15) is 6.61 Å². The highest BCUT2D eigenvalue weighted by Crippen LogP contribution is 2.32. The fourth-order valence-electron chi connectivity index (χ4n) is 2.69. The van der Waals surface area contributed by atoms with E-state index in [-0.39, 0.29) is 36.6 Å². The number of carbonyl (C=O) groups excluding carboxylic acids is 1. The van der Waals surface area contributed by atoms with Crippen LogP contribution in [0.15, 0.2) is 11.4 Å². The first-order chi connectivity index (χ1) is 10.0. The van der Waals surface area contributed by atoms with Crippen molar-refractivity contribution in [3.63, 3.8) is 0 Å². The molecule has 2 heterocycles. The number of ether oxygens (including phenoxy) is 1. The number of aliphatic hydroxyl groups excluding tert-OH is 1. The standard InChI is InChI=1S/C16H21NO3S/c1-10-11(2)20-12(3)15(10)16(19)17-8-14-7-13(9-21-14)5-4-6-18/h7,9-12,15,18H,6,8H2,1-3H3,(H,17,19). The number of aliphatic hydroxyl groups is 1. The molecule has 4 unspecified atom stereocenters. The fraction of sp³-hybridized carbons (Fsp3) is 0.562. The highest BCUT2D eigenvalue weighted by molar-refractivity contribution is 7.10. The Balaban J connectivity index is 1.91. The summed E-state index contributed by atoms with van der Waals surface area (Å²) < 4.78 is 5.71. The molecule has 0 aromatic carbocycles. The Labute approximate surface area is 129 Å². The molecule has 1 aliphatic rings. The third kappa shape index (κ3) is 3.85. The van der Waals surface area contributed by atoms with E-state index in [0.717, 1.165) is 10.4 Å². The van der Waals surface area contributed by atoms with E-state index in [0.29, 0.717) is 6.54 Å². The molecule has 4 atom stereocenters. The zero-order chi connectivity index (χ0) is 15.4. The lowest BCUT2D eigenvalue weighted by atomic mass is 9.89. The molecule has 1 aliphatic heterocycles. The topological polar surface area (TPSA) is 58.6 Å². The van der Waals surface area contributed by atoms with E-state index < -0.39 is 0 Å². The number of amides is 1. The largest absolute Gasteiger partial charge is 0.384 e. The van der Waals surface area contributed by atoms with Gasteiger partial charge in [0, 0.05) is 15.8 Å². The Morgan fingerprint density at radius 1 is 1.43 bits per heavy atom. The first kappa shape index (κ1) is 16.0. The summed E-state index contributed by atoms with van der Waals surface area (Å²) >= 11 is 1.56. The van der Waals surface area contributed by atoms with Crippen LogP contribution in [0.25, 0.3) is 0 Å². The van der Waals surface area contributed by atoms with Gasteiger partial charge in [0.2, 0.25) is 5.91 Å². The molecule has 1 saturated heterocycles. The number of thiophene rings is 1. The Kier molecular flexibility index (Phi) is 5.40. The number of hydrogen-bond donors (Lipinski definition) is 2. The molecule has 5 heteroatoms. The van der Waals surface area contributed by atoms with Gasteiger partial charge in [-0.05, 0) is 25.8 Å². The van der Waals surface area contributed by atoms with Crippen molar-refractivity contribution >= 4 is 17.2 Å². The van der Waals surface area contributed by atoms with Gasteiger partial charge < -0.3 is 15.2 Å². The van der Waals surface area contributed by atoms with Crippen LogP contribution in [0.2, 0.25) is 0 Å². The molecule has 0 spiro atoms. The number of nitrogens with one attached hydrogen (secondary N) is 1. The Hall–Kier alpha value is -1.35. The first-order valence-electron chi connectivity index (χ1n) is 7.13. The minimum absolute atomic E-state index is 0.0377. The molecule has 1 aromatic heterocycles. The molecule has 0 bridgehead atoms. The van der Waals surface area contributed by atoms with Gasteiger partial charge in [-0.1, -0.05) is 18.8 Å². The quantitative estimate of drug-likeness (QED) is 0.837. The molecule has 0 radical (unpaired) electrons. The van der Waals surface area contributed by atoms with Gasteiger partial charge in [0.15, 0.2) is 0 Å². The molecule has 0 aliphatic carbocycles. The van der Waals surface area contributed by atoms with Crippen molar-refractivity contribution in [3.05, 3.63) is 21.9 Å². The summed E-state index contributed by atoms with van der Waals surface area (Å²) in [4.78, 5) is 13.4. The van der Waals surface area contributed by atoms with Gasteiger partial charge in [-0.25, -0.2) is 0 Å². The van der Waals surface area contributed by atoms with Crippen molar-refractivity contribution in [2.75, 3.05) is 6.61 Å². The summed E-state index contributed by atoms with van der Waals surface area (Å²) in [6, 6.07) is 1.94. The minimum atomic E-state index is -0.141. The lowest BCUT2D eigenvalue weighted by Gasteiger charge is -2.17. The summed E-state index contributed by atoms with van der Waals surface area (Å²) in [6.07, 6.45) is 0.0853. The smallest absolute Gasteiger partial charge is 0.226 e. The lowest BCUT2D eigenvalue weighted by molar-refractivity contribution is -0.127. The maximum Gasteiger partial charge on any atom is 0.226 e. The van der Waals surface area contributed by atoms with Crippen LogP contribution in [-0.4, -0.2) is 29.8 Å². The van der Waals surface area contributed by atoms with E-state index in [1.807, 2.05) is 25.3 Å². The first-order valence-corrected chi connectivity index (χ1v) is 8.01. The molecule has 0 saturated carbocycles. The molecular formula is C16H21NO3S. The van der Waals surface area contributed by atoms with Gasteiger partial charge in [-0.3, -0.25) is 4.79 Å². The van der Waals surface area contributed by atoms with Crippen LogP contribution >= 0.6 is 11.3 Å². The average molecular weight is 307 g/mol. The highest BCUT2D eigenvalue weighted by Gasteiger charge is 2.41. The SMILES string of the molecule is CC1OC(C)C(C(=O)NCc2cc(C#CCO)cs2)C1C. The molecule has 1 amide bonds. The lowest BCUT2D eigenvalue weighted by Crippen LogP contribution is -2.36. The van der Waals surface area contributed by atoms with Crippen molar-refractivity contribution in [1.82, 2.24) is 5.32 Å². The predicted molar refractivity (Wildman–Crippen MR) is 82.8 cm³/mol. The molecule has 2 N–H and O–H groups in total. The predicted octanol–water partition coefficient (Wildman–Crippen LogP) is 1.77. The van der Waals surface area contributed by atoms with Gasteiger partial charge >= 0.3 is 0 Å². The van der Waals surface area contributed by atoms with Crippen LogP contribution < -0.4 is 5.32 Å². The van der Waals surface area contributed by atoms with E-state index in [1.54, 1.807) is 11.3 Å². The van der Waals surface area contributed by atoms with Crippen molar-refractivity contribution in [2.24, 2.45) is 11.8 Å². The van der Waals surface area contributed by atoms with E-state index in [1.165, 1.54) is 0 Å². The summed E-state index contributed by atoms with van der Waals surface area (Å²) in [6.45, 7) is 6.40. The average Bonchev–Trinajstić information content (AvgIpc) is 2.99. The second-order valence-corrected chi connectivity index (χ2v) is 6.41. The van der Waals surface area contributed by atoms with Gasteiger partial charge in [0.25, 0.3) is 0 Å². The molecule has 21 heavy (non-hydrogen) atoms. The van der Waals surface area contributed by atoms with Crippen molar-refractivity contribution < 1.29 is 14.6 Å². The molecule has 114 valence electrons. The van der Waals surface area contributed by atoms with E-state index >= 15 is 0 Å². The Bertz CT molecular complexity index is 557. The number of carbonyl (C=O) groups is 1. The zero-order valence-electron chi connectivity index (χ0n) is 12.6. The van der Waals surface area contributed by atoms with Crippen molar-refractivity contribution in [2.45, 2.75) is 39.5 Å². The second kappa shape index (κ2) is 7.08. The van der Waals surface area contributed by atoms with Crippen LogP contribution in [-0.2, 0) is 16.1 Å². The monoisotopic (exact) mass is 307 g/mol. The molecular weight excluding hydrogens is 286 g/mol. The molecule has 2 rings (SSSR count). The summed E-state index contributed by atoms with van der Waals surface area (Å²) in [5.41, 5.74) is 0.873. The maximum absolute atomic E-state index is 12.3. The molecule has 1 fully saturated rings. The van der Waals surface area contributed by atoms with Crippen LogP contribution in [0, 0.1) is 23.7 Å². The number of hydrogen-bond acceptors (Lipinski definition) is 4. The number of rotatable bonds is 3. The fourth-order valence-corrected chi connectivity index (χ4v) is 3.45. The van der Waals surface area contributed by atoms with Crippen LogP contribution in [0.3, 0.4) is 0 Å². The normalized spacial score (nSPS) is 28.0. The second-order valence-electron chi connectivity index (χ2n) is 5.41. The maximum atomic E-state index is 12.3. The van der Waals surface area contributed by atoms with Crippen molar-refractivity contribution in [3.8, 4) is 11.8 Å². The summed E-state index contributed by atoms with van der Waals surface area (Å²) in [7, 11) is 0. The summed E-state index contributed by atoms with van der Waals surface area (Å²) in [5.74, 6) is 5.66. The van der Waals surface area contributed by atoms with Gasteiger partial charge in [-0.2, -0.15) is 0 Å². The van der Waals surface area contributed by atoms with Crippen LogP contribution in [0.1, 0.15) is 31.2 Å². The zero-order valence-corrected chi connectivity index (χ0v) is 13.4. The third-order valence-electron chi connectivity index (χ3n) is 3.95. The van der Waals surface area contributed by atoms with Gasteiger partial charge in [0.05, 0.1) is 24.7 Å². The highest BCUT2D eigenvalue weighted by atomic mass is 32.1. The Morgan fingerprint density at radius 3 is 2.81 bits per heavy atom. The van der Waals surface area contributed by atoms with Crippen LogP contribution in [0.4, 0.5) is 0 Å². The Morgan fingerprint density at radius 2 is 2.19 bits per heavy atom. The molecule has 1 aromatic rings. The summed E-state index contributed by atoms with van der Waals surface area (Å²) in [5, 5.41) is 13.6. The van der Waals surface area contributed by atoms with Crippen LogP contribution in [0.5, 0.6) is 0 Å². The molecule has 4 nitrogen and oxygen atoms in total. The van der Waals surface area contributed by atoms with E-state index in [9.17, 15) is 4.79 Å². The third-order valence-corrected chi connectivity index (χ3v) is 4.88. The van der Waals surface area contributed by atoms with E-state index in [4.69, 9.17) is 9.84 Å².